The maximum atomic E-state index is 10.6. The Morgan fingerprint density at radius 2 is 2.00 bits per heavy atom. The zero-order valence-corrected chi connectivity index (χ0v) is 10.9. The van der Waals surface area contributed by atoms with Crippen LogP contribution in [0.2, 0.25) is 0 Å². The van der Waals surface area contributed by atoms with Crippen LogP contribution >= 0.6 is 11.6 Å². The Morgan fingerprint density at radius 3 is 2.47 bits per heavy atom. The van der Waals surface area contributed by atoms with Crippen LogP contribution in [0.25, 0.3) is 0 Å². The molecule has 0 amide bonds. The number of hydrogen-bond acceptors (Lipinski definition) is 2. The van der Waals surface area contributed by atoms with Crippen molar-refractivity contribution >= 4 is 17.6 Å². The van der Waals surface area contributed by atoms with E-state index in [9.17, 15) is 4.79 Å². The maximum absolute atomic E-state index is 10.6. The van der Waals surface area contributed by atoms with Crippen LogP contribution in [0.3, 0.4) is 0 Å². The first-order chi connectivity index (χ1) is 8.02. The minimum Gasteiger partial charge on any atom is -0.480 e. The summed E-state index contributed by atoms with van der Waals surface area (Å²) >= 11 is 5.89. The average Bonchev–Trinajstić information content (AvgIpc) is 2.27. The van der Waals surface area contributed by atoms with Crippen molar-refractivity contribution in [3.63, 3.8) is 0 Å². The third kappa shape index (κ3) is 4.75. The smallest absolute Gasteiger partial charge is 0.317 e. The number of carbonyl (C=O) groups is 1. The molecule has 0 spiro atoms. The van der Waals surface area contributed by atoms with Gasteiger partial charge < -0.3 is 5.11 Å². The van der Waals surface area contributed by atoms with E-state index in [4.69, 9.17) is 16.7 Å². The van der Waals surface area contributed by atoms with Gasteiger partial charge in [0.2, 0.25) is 0 Å². The van der Waals surface area contributed by atoms with Gasteiger partial charge in [-0.25, -0.2) is 0 Å². The highest BCUT2D eigenvalue weighted by atomic mass is 35.5. The van der Waals surface area contributed by atoms with E-state index in [-0.39, 0.29) is 12.6 Å². The number of alkyl halides is 1. The predicted molar refractivity (Wildman–Crippen MR) is 69.7 cm³/mol. The molecule has 0 aromatic heterocycles. The summed E-state index contributed by atoms with van der Waals surface area (Å²) in [6.45, 7) is 2.06. The van der Waals surface area contributed by atoms with Crippen LogP contribution in [-0.2, 0) is 11.2 Å². The fourth-order valence-electron chi connectivity index (χ4n) is 1.67. The number of aryl methyl sites for hydroxylation is 1. The summed E-state index contributed by atoms with van der Waals surface area (Å²) in [4.78, 5) is 12.4. The molecule has 0 heterocycles. The zero-order valence-electron chi connectivity index (χ0n) is 10.2. The third-order valence-electron chi connectivity index (χ3n) is 2.78. The number of rotatable bonds is 6. The molecule has 0 unspecified atom stereocenters. The molecule has 0 aliphatic heterocycles. The number of likely N-dealkylation sites (N-methyl/N-ethyl adjacent to an activating group) is 1. The molecule has 3 nitrogen and oxygen atoms in total. The fourth-order valence-corrected chi connectivity index (χ4v) is 2.01. The van der Waals surface area contributed by atoms with Gasteiger partial charge >= 0.3 is 5.97 Å². The molecule has 1 rings (SSSR count). The first-order valence-corrected chi connectivity index (χ1v) is 6.10. The van der Waals surface area contributed by atoms with E-state index in [1.54, 1.807) is 11.9 Å². The molecule has 0 aliphatic carbocycles. The summed E-state index contributed by atoms with van der Waals surface area (Å²) < 4.78 is 0. The predicted octanol–water partition coefficient (Wildman–Crippen LogP) is 2.16. The highest BCUT2D eigenvalue weighted by Crippen LogP contribution is 2.10. The second kappa shape index (κ2) is 6.62. The monoisotopic (exact) mass is 255 g/mol. The second-order valence-electron chi connectivity index (χ2n) is 4.31. The van der Waals surface area contributed by atoms with Gasteiger partial charge in [-0.05, 0) is 26.0 Å². The van der Waals surface area contributed by atoms with Crippen LogP contribution in [0, 0.1) is 6.92 Å². The standard InChI is InChI=1S/C13H18ClNO2/c1-10-3-5-11(6-4-10)7-12(8-14)15(2)9-13(16)17/h3-6,12H,7-9H2,1-2H3,(H,16,17)/t12-/m0/s1. The highest BCUT2D eigenvalue weighted by Gasteiger charge is 2.16. The van der Waals surface area contributed by atoms with Crippen LogP contribution in [0.5, 0.6) is 0 Å². The molecular weight excluding hydrogens is 238 g/mol. The lowest BCUT2D eigenvalue weighted by Crippen LogP contribution is -2.38. The van der Waals surface area contributed by atoms with Gasteiger partial charge in [0.25, 0.3) is 0 Å². The normalized spacial score (nSPS) is 12.7. The van der Waals surface area contributed by atoms with Crippen molar-refractivity contribution in [1.29, 1.82) is 0 Å². The number of hydrogen-bond donors (Lipinski definition) is 1. The van der Waals surface area contributed by atoms with Gasteiger partial charge in [-0.3, -0.25) is 9.69 Å². The Kier molecular flexibility index (Phi) is 5.45. The van der Waals surface area contributed by atoms with E-state index < -0.39 is 5.97 Å². The number of nitrogens with zero attached hydrogens (tertiary/aromatic N) is 1. The lowest BCUT2D eigenvalue weighted by Gasteiger charge is -2.24. The van der Waals surface area contributed by atoms with E-state index in [0.29, 0.717) is 5.88 Å². The summed E-state index contributed by atoms with van der Waals surface area (Å²) in [5.74, 6) is -0.399. The third-order valence-corrected chi connectivity index (χ3v) is 3.13. The van der Waals surface area contributed by atoms with Gasteiger partial charge in [0, 0.05) is 11.9 Å². The van der Waals surface area contributed by atoms with Crippen molar-refractivity contribution in [1.82, 2.24) is 4.90 Å². The lowest BCUT2D eigenvalue weighted by atomic mass is 10.0. The van der Waals surface area contributed by atoms with Crippen molar-refractivity contribution in [3.8, 4) is 0 Å². The van der Waals surface area contributed by atoms with Gasteiger partial charge in [-0.15, -0.1) is 11.6 Å². The van der Waals surface area contributed by atoms with Crippen molar-refractivity contribution in [2.45, 2.75) is 19.4 Å². The van der Waals surface area contributed by atoms with Crippen LogP contribution in [0.4, 0.5) is 0 Å². The highest BCUT2D eigenvalue weighted by molar-refractivity contribution is 6.18. The molecule has 1 aromatic carbocycles. The minimum atomic E-state index is -0.827. The van der Waals surface area contributed by atoms with Crippen LogP contribution in [0.1, 0.15) is 11.1 Å². The Morgan fingerprint density at radius 1 is 1.41 bits per heavy atom. The molecule has 1 aromatic rings. The van der Waals surface area contributed by atoms with Crippen LogP contribution < -0.4 is 0 Å². The van der Waals surface area contributed by atoms with E-state index in [1.807, 2.05) is 6.92 Å². The zero-order chi connectivity index (χ0) is 12.8. The summed E-state index contributed by atoms with van der Waals surface area (Å²) in [6.07, 6.45) is 0.771. The first kappa shape index (κ1) is 14.0. The van der Waals surface area contributed by atoms with Crippen molar-refractivity contribution in [2.24, 2.45) is 0 Å². The van der Waals surface area contributed by atoms with Crippen molar-refractivity contribution in [2.75, 3.05) is 19.5 Å². The molecular formula is C13H18ClNO2. The average molecular weight is 256 g/mol. The van der Waals surface area contributed by atoms with Gasteiger partial charge in [-0.2, -0.15) is 0 Å². The van der Waals surface area contributed by atoms with Crippen molar-refractivity contribution in [3.05, 3.63) is 35.4 Å². The molecule has 4 heteroatoms. The minimum absolute atomic E-state index is 0.0171. The number of carboxylic acid groups (broad SMARTS) is 1. The number of carboxylic acids is 1. The largest absolute Gasteiger partial charge is 0.480 e. The van der Waals surface area contributed by atoms with Gasteiger partial charge in [0.1, 0.15) is 0 Å². The molecule has 0 saturated carbocycles. The molecule has 0 radical (unpaired) electrons. The number of aliphatic carboxylic acids is 1. The number of benzene rings is 1. The summed E-state index contributed by atoms with van der Waals surface area (Å²) in [7, 11) is 1.79. The van der Waals surface area contributed by atoms with Crippen LogP contribution in [0.15, 0.2) is 24.3 Å². The summed E-state index contributed by atoms with van der Waals surface area (Å²) in [5, 5.41) is 8.75. The maximum Gasteiger partial charge on any atom is 0.317 e. The van der Waals surface area contributed by atoms with E-state index >= 15 is 0 Å². The molecule has 17 heavy (non-hydrogen) atoms. The first-order valence-electron chi connectivity index (χ1n) is 5.56. The quantitative estimate of drug-likeness (QED) is 0.792. The molecule has 0 saturated heterocycles. The lowest BCUT2D eigenvalue weighted by molar-refractivity contribution is -0.138. The molecule has 0 aliphatic rings. The van der Waals surface area contributed by atoms with E-state index in [1.165, 1.54) is 11.1 Å². The Hall–Kier alpha value is -1.06. The van der Waals surface area contributed by atoms with E-state index in [0.717, 1.165) is 6.42 Å². The SMILES string of the molecule is Cc1ccc(C[C@@H](CCl)N(C)CC(=O)O)cc1. The topological polar surface area (TPSA) is 40.5 Å². The molecule has 0 bridgehead atoms. The molecule has 1 N–H and O–H groups in total. The fraction of sp³-hybridized carbons (Fsp3) is 0.462. The van der Waals surface area contributed by atoms with E-state index in [2.05, 4.69) is 24.3 Å². The van der Waals surface area contributed by atoms with Crippen molar-refractivity contribution < 1.29 is 9.90 Å². The summed E-state index contributed by atoms with van der Waals surface area (Å²) in [5.41, 5.74) is 2.40. The molecule has 94 valence electrons. The molecule has 0 fully saturated rings. The second-order valence-corrected chi connectivity index (χ2v) is 4.62. The summed E-state index contributed by atoms with van der Waals surface area (Å²) in [6, 6.07) is 8.28. The Balaban J connectivity index is 2.62. The Bertz CT molecular complexity index is 364. The number of halogens is 1. The van der Waals surface area contributed by atoms with Gasteiger partial charge in [-0.1, -0.05) is 29.8 Å². The van der Waals surface area contributed by atoms with Gasteiger partial charge in [0.15, 0.2) is 0 Å². The van der Waals surface area contributed by atoms with Crippen LogP contribution in [-0.4, -0.2) is 41.5 Å². The Labute approximate surface area is 107 Å². The van der Waals surface area contributed by atoms with Gasteiger partial charge in [0.05, 0.1) is 6.54 Å². The molecule has 1 atom stereocenters.